The zero-order valence-corrected chi connectivity index (χ0v) is 51.1. The summed E-state index contributed by atoms with van der Waals surface area (Å²) in [6, 6.07) is 0. The van der Waals surface area contributed by atoms with Gasteiger partial charge in [-0.15, -0.1) is 0 Å². The quantitative estimate of drug-likeness (QED) is 0.0195. The van der Waals surface area contributed by atoms with Crippen LogP contribution in [0.3, 0.4) is 0 Å². The van der Waals surface area contributed by atoms with Gasteiger partial charge in [0.05, 0.1) is 27.7 Å². The molecule has 0 fully saturated rings. The van der Waals surface area contributed by atoms with Crippen molar-refractivity contribution in [3.8, 4) is 0 Å². The number of hydrogen-bond donors (Lipinski definition) is 0. The first-order valence-corrected chi connectivity index (χ1v) is 33.1. The number of phosphoric ester groups is 1. The van der Waals surface area contributed by atoms with Crippen LogP contribution in [0, 0.1) is 0 Å². The fraction of sp³-hybridized carbons (Fsp3) is 0.788. The van der Waals surface area contributed by atoms with Crippen LogP contribution >= 0.6 is 7.82 Å². The summed E-state index contributed by atoms with van der Waals surface area (Å²) in [5, 5.41) is 0. The Morgan fingerprint density at radius 1 is 0.421 bits per heavy atom. The van der Waals surface area contributed by atoms with Gasteiger partial charge in [-0.05, 0) is 83.5 Å². The average molecular weight is 1090 g/mol. The third-order valence-corrected chi connectivity index (χ3v) is 14.7. The second kappa shape index (κ2) is 57.1. The Labute approximate surface area is 469 Å². The normalized spacial score (nSPS) is 13.7. The highest BCUT2D eigenvalue weighted by Gasteiger charge is 2.22. The fourth-order valence-electron chi connectivity index (χ4n) is 8.86. The molecular weight excluding hydrogens is 966 g/mol. The van der Waals surface area contributed by atoms with Crippen molar-refractivity contribution in [2.75, 3.05) is 47.5 Å². The molecule has 0 aromatic rings. The van der Waals surface area contributed by atoms with Crippen LogP contribution in [0.1, 0.15) is 284 Å². The summed E-state index contributed by atoms with van der Waals surface area (Å²) in [4.78, 5) is 37.8. The summed E-state index contributed by atoms with van der Waals surface area (Å²) >= 11 is 0. The molecule has 0 aliphatic rings. The van der Waals surface area contributed by atoms with Gasteiger partial charge in [0.1, 0.15) is 19.8 Å². The number of phosphoric acid groups is 1. The molecular formula is C66H120NO8P. The van der Waals surface area contributed by atoms with Crippen molar-refractivity contribution < 1.29 is 42.1 Å². The van der Waals surface area contributed by atoms with E-state index in [0.717, 1.165) is 64.2 Å². The van der Waals surface area contributed by atoms with Crippen LogP contribution in [0.5, 0.6) is 0 Å². The van der Waals surface area contributed by atoms with Crippen LogP contribution in [0.15, 0.2) is 72.9 Å². The molecule has 0 aliphatic heterocycles. The molecule has 0 saturated heterocycles. The fourth-order valence-corrected chi connectivity index (χ4v) is 9.58. The average Bonchev–Trinajstić information content (AvgIpc) is 3.38. The Morgan fingerprint density at radius 3 is 1.14 bits per heavy atom. The number of ether oxygens (including phenoxy) is 2. The van der Waals surface area contributed by atoms with Crippen molar-refractivity contribution in [2.45, 2.75) is 290 Å². The Kier molecular flexibility index (Phi) is 55.2. The predicted molar refractivity (Wildman–Crippen MR) is 323 cm³/mol. The molecule has 10 heteroatoms. The number of allylic oxidation sites excluding steroid dienone is 12. The largest absolute Gasteiger partial charge is 0.756 e. The second-order valence-electron chi connectivity index (χ2n) is 22.4. The molecule has 0 aromatic heterocycles. The molecule has 9 nitrogen and oxygen atoms in total. The molecule has 0 radical (unpaired) electrons. The summed E-state index contributed by atoms with van der Waals surface area (Å²) in [6.45, 7) is 4.08. The highest BCUT2D eigenvalue weighted by atomic mass is 31.2. The van der Waals surface area contributed by atoms with E-state index in [4.69, 9.17) is 18.5 Å². The standard InChI is InChI=1S/C66H120NO8P/c1-6-8-10-12-14-16-18-20-22-23-24-25-26-27-28-29-30-31-32-33-34-35-36-37-38-39-40-41-42-43-45-46-48-50-52-54-56-58-65(68)72-62-64(63-74-76(70,71)73-61-60-67(3,4)5)75-66(69)59-57-55-53-51-49-47-44-21-19-17-15-13-11-9-7-2/h9,11,15,17-18,20-21,23-24,44,49,51,64H,6-8,10,12-14,16,19,22,25-43,45-48,50,52-63H2,1-5H3/b11-9-,17-15-,20-18-,24-23-,44-21-,51-49-. The van der Waals surface area contributed by atoms with Crippen molar-refractivity contribution in [3.63, 3.8) is 0 Å². The van der Waals surface area contributed by atoms with Crippen LogP contribution in [0.4, 0.5) is 0 Å². The van der Waals surface area contributed by atoms with Gasteiger partial charge in [0.2, 0.25) is 0 Å². The number of nitrogens with zero attached hydrogens (tertiary/aromatic N) is 1. The third-order valence-electron chi connectivity index (χ3n) is 13.7. The number of unbranched alkanes of at least 4 members (excludes halogenated alkanes) is 32. The van der Waals surface area contributed by atoms with Crippen LogP contribution in [0.2, 0.25) is 0 Å². The summed E-state index contributed by atoms with van der Waals surface area (Å²) in [5.41, 5.74) is 0. The van der Waals surface area contributed by atoms with Crippen LogP contribution in [-0.2, 0) is 32.7 Å². The molecule has 2 unspecified atom stereocenters. The number of carbonyl (C=O) groups excluding carboxylic acids is 2. The van der Waals surface area contributed by atoms with Crippen molar-refractivity contribution in [2.24, 2.45) is 0 Å². The molecule has 0 rings (SSSR count). The molecule has 0 bridgehead atoms. The summed E-state index contributed by atoms with van der Waals surface area (Å²) in [7, 11) is 1.14. The zero-order valence-electron chi connectivity index (χ0n) is 50.2. The van der Waals surface area contributed by atoms with Gasteiger partial charge < -0.3 is 27.9 Å². The molecule has 2 atom stereocenters. The predicted octanol–water partition coefficient (Wildman–Crippen LogP) is 19.4. The van der Waals surface area contributed by atoms with E-state index in [1.807, 2.05) is 21.1 Å². The monoisotopic (exact) mass is 1090 g/mol. The lowest BCUT2D eigenvalue weighted by Crippen LogP contribution is -2.37. The highest BCUT2D eigenvalue weighted by molar-refractivity contribution is 7.45. The number of carbonyl (C=O) groups is 2. The Bertz CT molecular complexity index is 1510. The van der Waals surface area contributed by atoms with Gasteiger partial charge in [-0.3, -0.25) is 14.2 Å². The number of likely N-dealkylation sites (N-methyl/N-ethyl adjacent to an activating group) is 1. The van der Waals surface area contributed by atoms with Gasteiger partial charge >= 0.3 is 11.9 Å². The van der Waals surface area contributed by atoms with Crippen molar-refractivity contribution >= 4 is 19.8 Å². The molecule has 0 spiro atoms. The molecule has 0 saturated carbocycles. The van der Waals surface area contributed by atoms with E-state index < -0.39 is 32.5 Å². The van der Waals surface area contributed by atoms with E-state index in [1.165, 1.54) is 186 Å². The van der Waals surface area contributed by atoms with Crippen LogP contribution in [-0.4, -0.2) is 70.0 Å². The minimum absolute atomic E-state index is 0.0402. The Balaban J connectivity index is 3.93. The summed E-state index contributed by atoms with van der Waals surface area (Å²) in [6.07, 6.45) is 75.7. The first-order valence-electron chi connectivity index (χ1n) is 31.6. The zero-order chi connectivity index (χ0) is 55.6. The van der Waals surface area contributed by atoms with Crippen LogP contribution < -0.4 is 4.89 Å². The van der Waals surface area contributed by atoms with Gasteiger partial charge in [0, 0.05) is 12.8 Å². The topological polar surface area (TPSA) is 111 Å². The molecule has 0 heterocycles. The number of rotatable bonds is 58. The maximum absolute atomic E-state index is 12.7. The first-order chi connectivity index (χ1) is 37.0. The lowest BCUT2D eigenvalue weighted by Gasteiger charge is -2.28. The van der Waals surface area contributed by atoms with Gasteiger partial charge in [0.15, 0.2) is 6.10 Å². The van der Waals surface area contributed by atoms with Crippen LogP contribution in [0.25, 0.3) is 0 Å². The first kappa shape index (κ1) is 73.5. The second-order valence-corrected chi connectivity index (χ2v) is 23.8. The van der Waals surface area contributed by atoms with E-state index in [9.17, 15) is 19.0 Å². The molecule has 442 valence electrons. The lowest BCUT2D eigenvalue weighted by atomic mass is 10.0. The molecule has 0 amide bonds. The minimum atomic E-state index is -4.65. The van der Waals surface area contributed by atoms with Gasteiger partial charge in [-0.25, -0.2) is 0 Å². The van der Waals surface area contributed by atoms with Gasteiger partial charge in [-0.1, -0.05) is 260 Å². The lowest BCUT2D eigenvalue weighted by molar-refractivity contribution is -0.870. The number of quaternary nitrogens is 1. The maximum atomic E-state index is 12.7. The van der Waals surface area contributed by atoms with E-state index in [0.29, 0.717) is 17.4 Å². The number of esters is 2. The van der Waals surface area contributed by atoms with Gasteiger partial charge in [-0.2, -0.15) is 0 Å². The minimum Gasteiger partial charge on any atom is -0.756 e. The van der Waals surface area contributed by atoms with Gasteiger partial charge in [0.25, 0.3) is 7.82 Å². The van der Waals surface area contributed by atoms with E-state index >= 15 is 0 Å². The highest BCUT2D eigenvalue weighted by Crippen LogP contribution is 2.38. The van der Waals surface area contributed by atoms with Crippen molar-refractivity contribution in [1.29, 1.82) is 0 Å². The molecule has 0 aromatic carbocycles. The third kappa shape index (κ3) is 60.7. The van der Waals surface area contributed by atoms with Crippen molar-refractivity contribution in [3.05, 3.63) is 72.9 Å². The molecule has 0 aliphatic carbocycles. The maximum Gasteiger partial charge on any atom is 0.306 e. The van der Waals surface area contributed by atoms with E-state index in [1.54, 1.807) is 0 Å². The smallest absolute Gasteiger partial charge is 0.306 e. The van der Waals surface area contributed by atoms with Crippen molar-refractivity contribution in [1.82, 2.24) is 0 Å². The summed E-state index contributed by atoms with van der Waals surface area (Å²) < 4.78 is 34.1. The summed E-state index contributed by atoms with van der Waals surface area (Å²) in [5.74, 6) is -0.876. The molecule has 76 heavy (non-hydrogen) atoms. The Morgan fingerprint density at radius 2 is 0.750 bits per heavy atom. The van der Waals surface area contributed by atoms with E-state index in [-0.39, 0.29) is 26.1 Å². The Hall–Kier alpha value is -2.55. The van der Waals surface area contributed by atoms with E-state index in [2.05, 4.69) is 86.8 Å². The SMILES string of the molecule is CC/C=C\C/C=C\C/C=C\C/C=C\CCCCC(=O)OC(COC(=O)CCCCCCCCCCCCCCCCCCCCCCCCCCC/C=C\C/C=C\CCCCCCC)COP(=O)([O-])OCC[N+](C)(C)C. The number of hydrogen-bond acceptors (Lipinski definition) is 8. The molecule has 0 N–H and O–H groups in total.